The van der Waals surface area contributed by atoms with Gasteiger partial charge in [0.1, 0.15) is 0 Å². The molecule has 1 unspecified atom stereocenters. The Morgan fingerprint density at radius 3 is 2.39 bits per heavy atom. The van der Waals surface area contributed by atoms with E-state index in [1.54, 1.807) is 51.4 Å². The predicted octanol–water partition coefficient (Wildman–Crippen LogP) is 4.87. The van der Waals surface area contributed by atoms with E-state index in [0.29, 0.717) is 34.0 Å². The van der Waals surface area contributed by atoms with Crippen molar-refractivity contribution in [2.75, 3.05) is 7.05 Å². The Morgan fingerprint density at radius 1 is 1.06 bits per heavy atom. The Labute approximate surface area is 187 Å². The van der Waals surface area contributed by atoms with E-state index >= 15 is 0 Å². The molecule has 1 amide bonds. The average molecular weight is 437 g/mol. The monoisotopic (exact) mass is 436 g/mol. The molecule has 1 aliphatic heterocycles. The van der Waals surface area contributed by atoms with Crippen LogP contribution >= 0.6 is 11.6 Å². The first kappa shape index (κ1) is 22.4. The molecule has 0 fully saturated rings. The van der Waals surface area contributed by atoms with Crippen molar-refractivity contribution >= 4 is 23.5 Å². The first-order valence-electron chi connectivity index (χ1n) is 9.94. The van der Waals surface area contributed by atoms with E-state index in [1.807, 2.05) is 36.4 Å². The zero-order valence-corrected chi connectivity index (χ0v) is 18.5. The number of carboxylic acids is 1. The van der Waals surface area contributed by atoms with Gasteiger partial charge in [0.25, 0.3) is 5.91 Å². The molecular formula is C25H25ClN2O3. The molecule has 2 N–H and O–H groups in total. The fraction of sp³-hybridized carbons (Fsp3) is 0.200. The Bertz CT molecular complexity index is 1090. The molecule has 5 nitrogen and oxygen atoms in total. The highest BCUT2D eigenvalue weighted by Gasteiger charge is 2.37. The lowest BCUT2D eigenvalue weighted by molar-refractivity contribution is -0.133. The van der Waals surface area contributed by atoms with Crippen LogP contribution < -0.4 is 5.32 Å². The Kier molecular flexibility index (Phi) is 6.98. The smallest absolute Gasteiger partial charge is 0.334 e. The van der Waals surface area contributed by atoms with Crippen LogP contribution in [0.5, 0.6) is 0 Å². The summed E-state index contributed by atoms with van der Waals surface area (Å²) in [5.41, 5.74) is 3.46. The van der Waals surface area contributed by atoms with E-state index in [2.05, 4.69) is 5.32 Å². The highest BCUT2D eigenvalue weighted by Crippen LogP contribution is 2.39. The largest absolute Gasteiger partial charge is 0.478 e. The number of aliphatic carboxylic acids is 1. The van der Waals surface area contributed by atoms with Crippen molar-refractivity contribution in [2.24, 2.45) is 0 Å². The fourth-order valence-electron chi connectivity index (χ4n) is 3.80. The minimum atomic E-state index is -1.07. The summed E-state index contributed by atoms with van der Waals surface area (Å²) in [4.78, 5) is 27.0. The number of benzene rings is 2. The topological polar surface area (TPSA) is 69.6 Å². The molecule has 1 heterocycles. The van der Waals surface area contributed by atoms with Crippen LogP contribution in [0.1, 0.15) is 30.9 Å². The minimum Gasteiger partial charge on any atom is -0.478 e. The van der Waals surface area contributed by atoms with Crippen molar-refractivity contribution in [3.8, 4) is 0 Å². The van der Waals surface area contributed by atoms with Gasteiger partial charge in [-0.15, -0.1) is 0 Å². The maximum absolute atomic E-state index is 13.4. The number of rotatable bonds is 6. The van der Waals surface area contributed by atoms with E-state index in [0.717, 1.165) is 5.56 Å². The third-order valence-electron chi connectivity index (χ3n) is 5.25. The minimum absolute atomic E-state index is 0.137. The number of hydrogen-bond donors (Lipinski definition) is 2. The highest BCUT2D eigenvalue weighted by molar-refractivity contribution is 6.30. The number of carbonyl (C=O) groups is 2. The number of carboxylic acid groups (broad SMARTS) is 1. The molecule has 160 valence electrons. The van der Waals surface area contributed by atoms with E-state index in [9.17, 15) is 14.7 Å². The second kappa shape index (κ2) is 9.67. The third kappa shape index (κ3) is 5.06. The molecule has 1 aliphatic rings. The number of carbonyl (C=O) groups excluding carboxylic acids is 1. The van der Waals surface area contributed by atoms with Crippen molar-refractivity contribution in [2.45, 2.75) is 26.2 Å². The molecule has 0 saturated heterocycles. The molecule has 0 aromatic heterocycles. The zero-order valence-electron chi connectivity index (χ0n) is 17.7. The summed E-state index contributed by atoms with van der Waals surface area (Å²) < 4.78 is 0. The van der Waals surface area contributed by atoms with Crippen LogP contribution in [-0.2, 0) is 16.0 Å². The molecule has 31 heavy (non-hydrogen) atoms. The maximum Gasteiger partial charge on any atom is 0.334 e. The zero-order chi connectivity index (χ0) is 22.5. The van der Waals surface area contributed by atoms with Gasteiger partial charge >= 0.3 is 5.97 Å². The van der Waals surface area contributed by atoms with Gasteiger partial charge in [0.15, 0.2) is 0 Å². The van der Waals surface area contributed by atoms with Crippen LogP contribution in [0.25, 0.3) is 0 Å². The van der Waals surface area contributed by atoms with E-state index in [1.165, 1.54) is 4.90 Å². The molecule has 0 spiro atoms. The quantitative estimate of drug-likeness (QED) is 0.677. The number of allylic oxidation sites excluding steroid dienone is 3. The molecule has 2 aromatic rings. The molecule has 3 rings (SSSR count). The van der Waals surface area contributed by atoms with Crippen LogP contribution in [0.4, 0.5) is 0 Å². The summed E-state index contributed by atoms with van der Waals surface area (Å²) in [5.74, 6) is -2.07. The Hall–Kier alpha value is -3.31. The number of dihydropyridines is 1. The van der Waals surface area contributed by atoms with Crippen molar-refractivity contribution < 1.29 is 14.7 Å². The van der Waals surface area contributed by atoms with Gasteiger partial charge in [0.05, 0.1) is 11.5 Å². The summed E-state index contributed by atoms with van der Waals surface area (Å²) in [6.07, 6.45) is 4.31. The lowest BCUT2D eigenvalue weighted by Crippen LogP contribution is -2.35. The van der Waals surface area contributed by atoms with Crippen molar-refractivity contribution in [3.63, 3.8) is 0 Å². The van der Waals surface area contributed by atoms with Gasteiger partial charge in [-0.1, -0.05) is 60.1 Å². The van der Waals surface area contributed by atoms with Crippen molar-refractivity contribution in [3.05, 3.63) is 106 Å². The van der Waals surface area contributed by atoms with Crippen molar-refractivity contribution in [1.29, 1.82) is 0 Å². The van der Waals surface area contributed by atoms with Gasteiger partial charge in [-0.05, 0) is 43.5 Å². The SMILES string of the molecule is CC1=C(C(=O)O)C(c2cccc(Cl)c2)C(C(=O)N(C)C=CCc2ccccc2)=C(C)N1. The Balaban J connectivity index is 1.95. The summed E-state index contributed by atoms with van der Waals surface area (Å²) in [5, 5.41) is 13.5. The molecule has 0 aliphatic carbocycles. The molecule has 0 bridgehead atoms. The highest BCUT2D eigenvalue weighted by atomic mass is 35.5. The van der Waals surface area contributed by atoms with E-state index in [4.69, 9.17) is 11.6 Å². The van der Waals surface area contributed by atoms with Crippen LogP contribution in [0.15, 0.2) is 89.4 Å². The summed E-state index contributed by atoms with van der Waals surface area (Å²) in [6, 6.07) is 16.9. The van der Waals surface area contributed by atoms with Gasteiger partial charge in [0, 0.05) is 35.2 Å². The number of amides is 1. The third-order valence-corrected chi connectivity index (χ3v) is 5.48. The van der Waals surface area contributed by atoms with Crippen LogP contribution in [0.2, 0.25) is 5.02 Å². The van der Waals surface area contributed by atoms with Gasteiger partial charge in [-0.25, -0.2) is 4.79 Å². The standard InChI is InChI=1S/C25H25ClN2O3/c1-16-21(24(29)28(3)14-8-11-18-9-5-4-6-10-18)23(19-12-7-13-20(26)15-19)22(25(30)31)17(2)27-16/h4-10,12-15,23,27H,11H2,1-3H3,(H,30,31). The van der Waals surface area contributed by atoms with Gasteiger partial charge in [-0.2, -0.15) is 0 Å². The number of halogens is 1. The van der Waals surface area contributed by atoms with Crippen LogP contribution in [0, 0.1) is 0 Å². The lowest BCUT2D eigenvalue weighted by Gasteiger charge is -2.31. The normalized spacial score (nSPS) is 16.5. The average Bonchev–Trinajstić information content (AvgIpc) is 2.73. The number of nitrogens with zero attached hydrogens (tertiary/aromatic N) is 1. The number of likely N-dealkylation sites (N-methyl/N-ethyl adjacent to an activating group) is 1. The molecule has 0 saturated carbocycles. The van der Waals surface area contributed by atoms with Gasteiger partial charge in [-0.3, -0.25) is 4.79 Å². The van der Waals surface area contributed by atoms with Crippen molar-refractivity contribution in [1.82, 2.24) is 10.2 Å². The molecule has 0 radical (unpaired) electrons. The van der Waals surface area contributed by atoms with Crippen LogP contribution in [-0.4, -0.2) is 28.9 Å². The number of nitrogens with one attached hydrogen (secondary N) is 1. The first-order valence-corrected chi connectivity index (χ1v) is 10.3. The van der Waals surface area contributed by atoms with E-state index < -0.39 is 11.9 Å². The second-order valence-corrected chi connectivity index (χ2v) is 7.92. The first-order chi connectivity index (χ1) is 14.8. The number of hydrogen-bond acceptors (Lipinski definition) is 3. The van der Waals surface area contributed by atoms with Gasteiger partial charge < -0.3 is 15.3 Å². The maximum atomic E-state index is 13.4. The summed E-state index contributed by atoms with van der Waals surface area (Å²) >= 11 is 6.18. The predicted molar refractivity (Wildman–Crippen MR) is 122 cm³/mol. The van der Waals surface area contributed by atoms with Crippen LogP contribution in [0.3, 0.4) is 0 Å². The van der Waals surface area contributed by atoms with E-state index in [-0.39, 0.29) is 11.5 Å². The molecule has 2 aromatic carbocycles. The molecule has 6 heteroatoms. The van der Waals surface area contributed by atoms with Gasteiger partial charge in [0.2, 0.25) is 0 Å². The summed E-state index contributed by atoms with van der Waals surface area (Å²) in [7, 11) is 1.67. The fourth-order valence-corrected chi connectivity index (χ4v) is 4.00. The molecular weight excluding hydrogens is 412 g/mol. The second-order valence-electron chi connectivity index (χ2n) is 7.49. The Morgan fingerprint density at radius 2 is 1.74 bits per heavy atom. The lowest BCUT2D eigenvalue weighted by atomic mass is 9.80. The summed E-state index contributed by atoms with van der Waals surface area (Å²) in [6.45, 7) is 3.49. The molecule has 1 atom stereocenters.